The van der Waals surface area contributed by atoms with E-state index in [1.165, 1.54) is 17.9 Å². The van der Waals surface area contributed by atoms with Crippen LogP contribution in [0.1, 0.15) is 46.5 Å². The van der Waals surface area contributed by atoms with Crippen molar-refractivity contribution in [3.63, 3.8) is 0 Å². The molecule has 1 saturated heterocycles. The molecule has 2 aliphatic rings. The highest BCUT2D eigenvalue weighted by molar-refractivity contribution is 7.90. The first kappa shape index (κ1) is 34.2. The highest BCUT2D eigenvalue weighted by atomic mass is 32.2. The number of allylic oxidation sites excluding steroid dienone is 1. The summed E-state index contributed by atoms with van der Waals surface area (Å²) in [6.07, 6.45) is 4.06. The Morgan fingerprint density at radius 3 is 2.48 bits per heavy atom. The highest BCUT2D eigenvalue weighted by Crippen LogP contribution is 2.31. The number of carbonyl (C=O) groups excluding carboxylic acids is 4. The molecule has 0 unspecified atom stereocenters. The van der Waals surface area contributed by atoms with E-state index in [0.717, 1.165) is 11.5 Å². The summed E-state index contributed by atoms with van der Waals surface area (Å²) in [7, 11) is -2.35. The van der Waals surface area contributed by atoms with E-state index < -0.39 is 56.6 Å². The Bertz CT molecular complexity index is 1710. The van der Waals surface area contributed by atoms with Crippen molar-refractivity contribution in [3.05, 3.63) is 67.0 Å². The molecule has 13 nitrogen and oxygen atoms in total. The Balaban J connectivity index is 1.65. The topological polar surface area (TPSA) is 173 Å². The van der Waals surface area contributed by atoms with Gasteiger partial charge in [0.25, 0.3) is 11.8 Å². The van der Waals surface area contributed by atoms with Gasteiger partial charge in [-0.05, 0) is 81.3 Å². The summed E-state index contributed by atoms with van der Waals surface area (Å²) in [6.45, 7) is 11.7. The van der Waals surface area contributed by atoms with Gasteiger partial charge in [-0.15, -0.1) is 6.58 Å². The number of rotatable bonds is 13. The fourth-order valence-corrected chi connectivity index (χ4v) is 6.53. The summed E-state index contributed by atoms with van der Waals surface area (Å²) in [4.78, 5) is 58.9. The third-order valence-electron chi connectivity index (χ3n) is 7.84. The van der Waals surface area contributed by atoms with Gasteiger partial charge in [-0.1, -0.05) is 12.7 Å². The van der Waals surface area contributed by atoms with Crippen LogP contribution in [0.5, 0.6) is 11.6 Å². The lowest BCUT2D eigenvalue weighted by Gasteiger charge is -2.32. The van der Waals surface area contributed by atoms with Crippen LogP contribution in [0.2, 0.25) is 0 Å². The van der Waals surface area contributed by atoms with Crippen molar-refractivity contribution >= 4 is 44.4 Å². The molecule has 2 aromatic rings. The predicted octanol–water partition coefficient (Wildman–Crippen LogP) is 2.25. The van der Waals surface area contributed by atoms with E-state index in [-0.39, 0.29) is 31.0 Å². The Morgan fingerprint density at radius 1 is 1.15 bits per heavy atom. The van der Waals surface area contributed by atoms with E-state index in [1.807, 2.05) is 6.07 Å². The summed E-state index contributed by atoms with van der Waals surface area (Å²) in [5.41, 5.74) is -1.27. The van der Waals surface area contributed by atoms with Crippen LogP contribution < -0.4 is 24.8 Å². The van der Waals surface area contributed by atoms with Crippen molar-refractivity contribution in [2.75, 3.05) is 13.7 Å². The molecular formula is C32H39N5O8S. The Hall–Kier alpha value is -4.72. The number of fused-ring (bicyclic) bond motifs is 1. The van der Waals surface area contributed by atoms with Gasteiger partial charge in [0.15, 0.2) is 0 Å². The van der Waals surface area contributed by atoms with Crippen molar-refractivity contribution in [2.24, 2.45) is 0 Å². The summed E-state index contributed by atoms with van der Waals surface area (Å²) in [6, 6.07) is 6.00. The first-order valence-corrected chi connectivity index (χ1v) is 16.3. The molecule has 246 valence electrons. The van der Waals surface area contributed by atoms with Crippen molar-refractivity contribution in [1.29, 1.82) is 0 Å². The van der Waals surface area contributed by atoms with E-state index in [1.54, 1.807) is 45.4 Å². The smallest absolute Gasteiger partial charge is 0.271 e. The predicted molar refractivity (Wildman–Crippen MR) is 171 cm³/mol. The fraction of sp³-hybridized carbons (Fsp3) is 0.406. The number of ether oxygens (including phenoxy) is 2. The Kier molecular flexibility index (Phi) is 10.2. The second kappa shape index (κ2) is 13.7. The lowest BCUT2D eigenvalue weighted by molar-refractivity contribution is -0.139. The van der Waals surface area contributed by atoms with Crippen LogP contribution in [0.4, 0.5) is 0 Å². The minimum absolute atomic E-state index is 0.00338. The van der Waals surface area contributed by atoms with Gasteiger partial charge >= 0.3 is 0 Å². The number of amides is 4. The molecular weight excluding hydrogens is 614 g/mol. The normalized spacial score (nSPS) is 18.9. The van der Waals surface area contributed by atoms with E-state index >= 15 is 0 Å². The summed E-state index contributed by atoms with van der Waals surface area (Å²) < 4.78 is 38.7. The molecule has 1 aromatic heterocycles. The largest absolute Gasteiger partial charge is 0.497 e. The lowest BCUT2D eigenvalue weighted by atomic mass is 9.96. The molecule has 2 fully saturated rings. The number of carbonyl (C=O) groups is 4. The summed E-state index contributed by atoms with van der Waals surface area (Å²) in [5.74, 6) is -1.98. The maximum atomic E-state index is 13.9. The van der Waals surface area contributed by atoms with Gasteiger partial charge in [0.05, 0.1) is 18.9 Å². The molecule has 0 radical (unpaired) electrons. The number of aromatic nitrogens is 1. The van der Waals surface area contributed by atoms with Gasteiger partial charge in [-0.2, -0.15) is 0 Å². The van der Waals surface area contributed by atoms with Crippen LogP contribution in [-0.4, -0.2) is 78.5 Å². The summed E-state index contributed by atoms with van der Waals surface area (Å²) in [5, 5.41) is 6.02. The van der Waals surface area contributed by atoms with Gasteiger partial charge in [0.1, 0.15) is 29.1 Å². The average molecular weight is 654 g/mol. The lowest BCUT2D eigenvalue weighted by Crippen LogP contribution is -2.61. The highest BCUT2D eigenvalue weighted by Gasteiger charge is 2.46. The Morgan fingerprint density at radius 2 is 1.87 bits per heavy atom. The number of sulfonamides is 1. The fourth-order valence-electron chi connectivity index (χ4n) is 5.12. The van der Waals surface area contributed by atoms with E-state index in [2.05, 4.69) is 33.5 Å². The average Bonchev–Trinajstić information content (AvgIpc) is 3.80. The molecule has 4 amide bonds. The molecule has 14 heteroatoms. The second-order valence-corrected chi connectivity index (χ2v) is 13.7. The van der Waals surface area contributed by atoms with Gasteiger partial charge in [-0.25, -0.2) is 13.4 Å². The van der Waals surface area contributed by atoms with Crippen LogP contribution in [0.25, 0.3) is 10.8 Å². The van der Waals surface area contributed by atoms with Gasteiger partial charge in [-0.3, -0.25) is 23.9 Å². The zero-order valence-electron chi connectivity index (χ0n) is 26.3. The first-order valence-electron chi connectivity index (χ1n) is 14.7. The third kappa shape index (κ3) is 7.56. The molecule has 4 rings (SSSR count). The molecule has 1 aromatic carbocycles. The standard InChI is InChI=1S/C32H39N5O8S/c1-7-14-32(5,31(41)36-46(42,43)23-10-11-23)35-28(39)25-17-22(18-37(25)30(40)27(19(3)4)34-26(38)8-2)45-29-24-12-9-21(44-6)16-20(24)13-15-33-29/h7-9,12-13,15-16,22-23,25H,1-2,10-11,14,17-18H2,3-6H3,(H,34,38)(H,35,39)(H,36,41)/t22-,25+,32-/m1/s1. The quantitative estimate of drug-likeness (QED) is 0.217. The van der Waals surface area contributed by atoms with Crippen molar-refractivity contribution in [3.8, 4) is 11.6 Å². The maximum Gasteiger partial charge on any atom is 0.271 e. The van der Waals surface area contributed by atoms with Crippen LogP contribution >= 0.6 is 0 Å². The molecule has 3 N–H and O–H groups in total. The molecule has 1 aliphatic carbocycles. The zero-order chi connectivity index (χ0) is 33.8. The number of nitrogens with zero attached hydrogens (tertiary/aromatic N) is 2. The van der Waals surface area contributed by atoms with Gasteiger partial charge < -0.3 is 25.0 Å². The van der Waals surface area contributed by atoms with E-state index in [9.17, 15) is 27.6 Å². The monoisotopic (exact) mass is 653 g/mol. The number of benzene rings is 1. The third-order valence-corrected chi connectivity index (χ3v) is 9.66. The summed E-state index contributed by atoms with van der Waals surface area (Å²) >= 11 is 0. The number of hydrogen-bond donors (Lipinski definition) is 3. The van der Waals surface area contributed by atoms with E-state index in [4.69, 9.17) is 9.47 Å². The van der Waals surface area contributed by atoms with Crippen LogP contribution in [0.15, 0.2) is 67.0 Å². The van der Waals surface area contributed by atoms with Gasteiger partial charge in [0.2, 0.25) is 27.7 Å². The molecule has 2 heterocycles. The first-order chi connectivity index (χ1) is 21.7. The Labute approximate surface area is 268 Å². The van der Waals surface area contributed by atoms with Crippen molar-refractivity contribution in [1.82, 2.24) is 25.2 Å². The molecule has 0 bridgehead atoms. The number of nitrogens with one attached hydrogen (secondary N) is 3. The molecule has 46 heavy (non-hydrogen) atoms. The SMILES string of the molecule is C=CC[C@@](C)(NC(=O)[C@@H]1C[C@@H](Oc2nccc3cc(OC)ccc23)CN1C(=O)C(NC(=O)C=C)=C(C)C)C(=O)NS(=O)(=O)C1CC1. The molecule has 1 saturated carbocycles. The van der Waals surface area contributed by atoms with Gasteiger partial charge in [0, 0.05) is 18.0 Å². The maximum absolute atomic E-state index is 13.9. The minimum Gasteiger partial charge on any atom is -0.497 e. The molecule has 3 atom stereocenters. The van der Waals surface area contributed by atoms with Crippen molar-refractivity contribution < 1.29 is 37.1 Å². The van der Waals surface area contributed by atoms with Crippen LogP contribution in [0, 0.1) is 0 Å². The van der Waals surface area contributed by atoms with Crippen molar-refractivity contribution in [2.45, 2.75) is 69.4 Å². The number of likely N-dealkylation sites (tertiary alicyclic amines) is 1. The number of pyridine rings is 1. The zero-order valence-corrected chi connectivity index (χ0v) is 27.1. The number of methoxy groups -OCH3 is 1. The second-order valence-electron chi connectivity index (χ2n) is 11.7. The minimum atomic E-state index is -3.91. The molecule has 0 spiro atoms. The molecule has 1 aliphatic heterocycles. The van der Waals surface area contributed by atoms with Crippen LogP contribution in [0.3, 0.4) is 0 Å². The van der Waals surface area contributed by atoms with Crippen LogP contribution in [-0.2, 0) is 29.2 Å². The number of hydrogen-bond acceptors (Lipinski definition) is 9. The van der Waals surface area contributed by atoms with E-state index in [0.29, 0.717) is 29.6 Å².